The van der Waals surface area contributed by atoms with Gasteiger partial charge >= 0.3 is 35.8 Å². The van der Waals surface area contributed by atoms with Crippen molar-refractivity contribution < 1.29 is 75.9 Å². The summed E-state index contributed by atoms with van der Waals surface area (Å²) in [5, 5.41) is 0.0314. The van der Waals surface area contributed by atoms with Crippen LogP contribution in [0.3, 0.4) is 0 Å². The standard InChI is InChI=1S/C36H36O17/c1-16(37)10-24-11-25(13-30-32(24)26(44)14-28(52-30)23-8-9-27(46-18(3)39)29(12-23)47-19(4)40)51-36-35(50-22(7)43)34(49-21(6)42)33(53-36)31(48-20(5)41)15-45-17(2)38/h8-9,11-14,31,33-36H,10,15H2,1-7H3/t31?,33-,34+,35-,36+/m0/s1. The minimum absolute atomic E-state index is 0.0178. The highest BCUT2D eigenvalue weighted by atomic mass is 16.7. The van der Waals surface area contributed by atoms with E-state index in [0.717, 1.165) is 47.6 Å². The molecule has 53 heavy (non-hydrogen) atoms. The van der Waals surface area contributed by atoms with E-state index in [1.807, 2.05) is 0 Å². The molecule has 1 aromatic heterocycles. The molecule has 1 unspecified atom stereocenters. The van der Waals surface area contributed by atoms with Crippen LogP contribution in [0.5, 0.6) is 17.2 Å². The fourth-order valence-corrected chi connectivity index (χ4v) is 5.53. The minimum atomic E-state index is -1.57. The molecule has 1 aliphatic rings. The molecule has 3 aromatic rings. The van der Waals surface area contributed by atoms with Crippen molar-refractivity contribution in [2.24, 2.45) is 0 Å². The molecule has 0 amide bonds. The zero-order chi connectivity index (χ0) is 39.1. The molecule has 0 bridgehead atoms. The first kappa shape index (κ1) is 39.7. The largest absolute Gasteiger partial charge is 0.462 e. The molecule has 0 saturated carbocycles. The molecule has 17 heteroatoms. The Hall–Kier alpha value is -6.10. The molecule has 5 atom stereocenters. The number of esters is 6. The van der Waals surface area contributed by atoms with Crippen molar-refractivity contribution in [1.29, 1.82) is 0 Å². The Kier molecular flexibility index (Phi) is 12.7. The van der Waals surface area contributed by atoms with Gasteiger partial charge in [-0.25, -0.2) is 0 Å². The number of Topliss-reactive ketones (excluding diaryl/α,β-unsaturated/α-hetero) is 1. The summed E-state index contributed by atoms with van der Waals surface area (Å²) >= 11 is 0. The second-order valence-corrected chi connectivity index (χ2v) is 11.8. The predicted molar refractivity (Wildman–Crippen MR) is 178 cm³/mol. The van der Waals surface area contributed by atoms with Gasteiger partial charge in [0.25, 0.3) is 0 Å². The summed E-state index contributed by atoms with van der Waals surface area (Å²) in [4.78, 5) is 97.3. The smallest absolute Gasteiger partial charge is 0.308 e. The molecule has 2 heterocycles. The van der Waals surface area contributed by atoms with Gasteiger partial charge in [0, 0.05) is 65.7 Å². The predicted octanol–water partition coefficient (Wildman–Crippen LogP) is 2.90. The van der Waals surface area contributed by atoms with Gasteiger partial charge in [0.05, 0.1) is 5.39 Å². The van der Waals surface area contributed by atoms with Crippen LogP contribution in [0.2, 0.25) is 0 Å². The lowest BCUT2D eigenvalue weighted by molar-refractivity contribution is -0.180. The van der Waals surface area contributed by atoms with Crippen LogP contribution < -0.4 is 19.6 Å². The molecular formula is C36H36O17. The van der Waals surface area contributed by atoms with E-state index in [-0.39, 0.29) is 57.3 Å². The Labute approximate surface area is 301 Å². The van der Waals surface area contributed by atoms with Gasteiger partial charge in [0.1, 0.15) is 35.6 Å². The first-order valence-corrected chi connectivity index (χ1v) is 16.0. The van der Waals surface area contributed by atoms with Gasteiger partial charge in [-0.15, -0.1) is 0 Å². The number of fused-ring (bicyclic) bond motifs is 1. The first-order valence-electron chi connectivity index (χ1n) is 16.0. The van der Waals surface area contributed by atoms with Crippen molar-refractivity contribution in [1.82, 2.24) is 0 Å². The fourth-order valence-electron chi connectivity index (χ4n) is 5.53. The van der Waals surface area contributed by atoms with Crippen molar-refractivity contribution in [2.45, 2.75) is 85.6 Å². The molecule has 282 valence electrons. The summed E-state index contributed by atoms with van der Waals surface area (Å²) in [6, 6.07) is 7.95. The molecule has 1 fully saturated rings. The van der Waals surface area contributed by atoms with Gasteiger partial charge < -0.3 is 42.3 Å². The second kappa shape index (κ2) is 16.9. The monoisotopic (exact) mass is 740 g/mol. The van der Waals surface area contributed by atoms with Gasteiger partial charge in [-0.2, -0.15) is 0 Å². The lowest BCUT2D eigenvalue weighted by atomic mass is 10.0. The molecule has 0 aliphatic carbocycles. The Morgan fingerprint density at radius 1 is 0.717 bits per heavy atom. The second-order valence-electron chi connectivity index (χ2n) is 11.8. The first-order chi connectivity index (χ1) is 24.9. The topological polar surface area (TPSA) is 224 Å². The fraction of sp³-hybridized carbons (Fsp3) is 0.389. The summed E-state index contributed by atoms with van der Waals surface area (Å²) in [5.74, 6) is -5.14. The summed E-state index contributed by atoms with van der Waals surface area (Å²) in [5.41, 5.74) is -0.191. The number of hydrogen-bond acceptors (Lipinski definition) is 17. The average Bonchev–Trinajstić information content (AvgIpc) is 3.33. The van der Waals surface area contributed by atoms with Crippen LogP contribution in [0.15, 0.2) is 45.6 Å². The summed E-state index contributed by atoms with van der Waals surface area (Å²) in [6.07, 6.45) is -7.47. The zero-order valence-electron chi connectivity index (χ0n) is 29.7. The van der Waals surface area contributed by atoms with Crippen molar-refractivity contribution in [3.05, 3.63) is 52.2 Å². The molecule has 4 rings (SSSR count). The van der Waals surface area contributed by atoms with Gasteiger partial charge in [-0.1, -0.05) is 0 Å². The summed E-state index contributed by atoms with van der Waals surface area (Å²) in [6.45, 7) is 7.47. The SMILES string of the molecule is CC(=O)Cc1cc(O[C@@H]2O[C@@H](C(COC(C)=O)OC(C)=O)[C@@H](OC(C)=O)[C@@H]2OC(C)=O)cc2oc(-c3ccc(OC(C)=O)c(OC(C)=O)c3)cc(=O)c12. The Morgan fingerprint density at radius 3 is 1.94 bits per heavy atom. The minimum Gasteiger partial charge on any atom is -0.462 e. The molecule has 0 radical (unpaired) electrons. The van der Waals surface area contributed by atoms with E-state index in [4.69, 9.17) is 42.3 Å². The van der Waals surface area contributed by atoms with Crippen molar-refractivity contribution >= 4 is 52.6 Å². The molecule has 2 aromatic carbocycles. The Bertz CT molecular complexity index is 2010. The van der Waals surface area contributed by atoms with Crippen LogP contribution in [-0.2, 0) is 63.7 Å². The van der Waals surface area contributed by atoms with E-state index in [9.17, 15) is 38.4 Å². The van der Waals surface area contributed by atoms with Gasteiger partial charge in [0.2, 0.25) is 12.4 Å². The Morgan fingerprint density at radius 2 is 1.36 bits per heavy atom. The highest BCUT2D eigenvalue weighted by Gasteiger charge is 2.54. The molecule has 1 saturated heterocycles. The normalized spacial score (nSPS) is 18.3. The van der Waals surface area contributed by atoms with E-state index < -0.39 is 78.6 Å². The third-order valence-electron chi connectivity index (χ3n) is 7.26. The lowest BCUT2D eigenvalue weighted by Crippen LogP contribution is -2.47. The molecule has 17 nitrogen and oxygen atoms in total. The number of benzene rings is 2. The van der Waals surface area contributed by atoms with E-state index in [1.54, 1.807) is 0 Å². The third kappa shape index (κ3) is 10.5. The summed E-state index contributed by atoms with van der Waals surface area (Å²) < 4.78 is 49.9. The van der Waals surface area contributed by atoms with Crippen molar-refractivity contribution in [3.8, 4) is 28.6 Å². The average molecular weight is 741 g/mol. The highest BCUT2D eigenvalue weighted by molar-refractivity contribution is 5.89. The maximum Gasteiger partial charge on any atom is 0.308 e. The molecule has 1 aliphatic heterocycles. The molecular weight excluding hydrogens is 704 g/mol. The van der Waals surface area contributed by atoms with E-state index in [1.165, 1.54) is 37.3 Å². The number of rotatable bonds is 13. The number of carbonyl (C=O) groups is 7. The Balaban J connectivity index is 1.83. The number of hydrogen-bond donors (Lipinski definition) is 0. The summed E-state index contributed by atoms with van der Waals surface area (Å²) in [7, 11) is 0. The van der Waals surface area contributed by atoms with Gasteiger partial charge in [-0.3, -0.25) is 38.4 Å². The number of ketones is 1. The van der Waals surface area contributed by atoms with E-state index in [0.29, 0.717) is 0 Å². The van der Waals surface area contributed by atoms with E-state index in [2.05, 4.69) is 0 Å². The maximum absolute atomic E-state index is 13.6. The number of carbonyl (C=O) groups excluding carboxylic acids is 7. The zero-order valence-corrected chi connectivity index (χ0v) is 29.7. The van der Waals surface area contributed by atoms with Crippen LogP contribution in [0.1, 0.15) is 54.0 Å². The van der Waals surface area contributed by atoms with Crippen LogP contribution in [-0.4, -0.2) is 78.9 Å². The van der Waals surface area contributed by atoms with Crippen molar-refractivity contribution in [3.63, 3.8) is 0 Å². The van der Waals surface area contributed by atoms with Gasteiger partial charge in [0.15, 0.2) is 29.1 Å². The highest BCUT2D eigenvalue weighted by Crippen LogP contribution is 2.37. The van der Waals surface area contributed by atoms with Gasteiger partial charge in [-0.05, 0) is 36.8 Å². The van der Waals surface area contributed by atoms with Crippen LogP contribution in [0.25, 0.3) is 22.3 Å². The number of ether oxygens (including phenoxy) is 8. The van der Waals surface area contributed by atoms with Crippen LogP contribution in [0, 0.1) is 0 Å². The molecule has 0 N–H and O–H groups in total. The van der Waals surface area contributed by atoms with Crippen LogP contribution >= 0.6 is 0 Å². The lowest BCUT2D eigenvalue weighted by Gasteiger charge is -2.27. The molecule has 0 spiro atoms. The van der Waals surface area contributed by atoms with Crippen molar-refractivity contribution in [2.75, 3.05) is 6.61 Å². The van der Waals surface area contributed by atoms with Crippen LogP contribution in [0.4, 0.5) is 0 Å². The maximum atomic E-state index is 13.6. The van der Waals surface area contributed by atoms with E-state index >= 15 is 0 Å². The quantitative estimate of drug-likeness (QED) is 0.140. The third-order valence-corrected chi connectivity index (χ3v) is 7.26.